The van der Waals surface area contributed by atoms with Crippen LogP contribution in [0, 0.1) is 3.57 Å². The fourth-order valence-electron chi connectivity index (χ4n) is 0.815. The summed E-state index contributed by atoms with van der Waals surface area (Å²) in [6.45, 7) is 0. The minimum Gasteiger partial charge on any atom is -0.494 e. The summed E-state index contributed by atoms with van der Waals surface area (Å²) < 4.78 is 6.12. The van der Waals surface area contributed by atoms with Gasteiger partial charge in [0, 0.05) is 3.57 Å². The van der Waals surface area contributed by atoms with E-state index in [2.05, 4.69) is 28.0 Å². The standard InChI is InChI=1S/C7H9IN2O/c1-11-6-4-2-3-5(8)7(6)10-9/h2-4,10H,9H2,1H3. The predicted molar refractivity (Wildman–Crippen MR) is 53.5 cm³/mol. The molecular formula is C7H9IN2O. The number of methoxy groups -OCH3 is 1. The van der Waals surface area contributed by atoms with Crippen molar-refractivity contribution in [1.82, 2.24) is 0 Å². The van der Waals surface area contributed by atoms with E-state index in [9.17, 15) is 0 Å². The number of rotatable bonds is 2. The molecule has 60 valence electrons. The van der Waals surface area contributed by atoms with Gasteiger partial charge in [-0.15, -0.1) is 0 Å². The molecule has 0 atom stereocenters. The number of anilines is 1. The number of hydrogen-bond acceptors (Lipinski definition) is 3. The number of para-hydroxylation sites is 1. The van der Waals surface area contributed by atoms with Crippen LogP contribution in [0.25, 0.3) is 0 Å². The van der Waals surface area contributed by atoms with Gasteiger partial charge >= 0.3 is 0 Å². The van der Waals surface area contributed by atoms with Crippen LogP contribution in [0.3, 0.4) is 0 Å². The number of ether oxygens (including phenoxy) is 1. The van der Waals surface area contributed by atoms with E-state index < -0.39 is 0 Å². The van der Waals surface area contributed by atoms with E-state index in [1.807, 2.05) is 18.2 Å². The molecule has 0 spiro atoms. The summed E-state index contributed by atoms with van der Waals surface area (Å²) in [5.41, 5.74) is 3.41. The van der Waals surface area contributed by atoms with Crippen LogP contribution in [-0.2, 0) is 0 Å². The molecule has 3 N–H and O–H groups in total. The number of hydrogen-bond donors (Lipinski definition) is 2. The highest BCUT2D eigenvalue weighted by molar-refractivity contribution is 14.1. The van der Waals surface area contributed by atoms with Crippen molar-refractivity contribution in [1.29, 1.82) is 0 Å². The van der Waals surface area contributed by atoms with Gasteiger partial charge < -0.3 is 10.2 Å². The summed E-state index contributed by atoms with van der Waals surface area (Å²) in [6.07, 6.45) is 0. The number of nitrogens with one attached hydrogen (secondary N) is 1. The van der Waals surface area contributed by atoms with Crippen molar-refractivity contribution in [2.45, 2.75) is 0 Å². The maximum Gasteiger partial charge on any atom is 0.144 e. The van der Waals surface area contributed by atoms with Crippen LogP contribution in [0.15, 0.2) is 18.2 Å². The average Bonchev–Trinajstić information content (AvgIpc) is 2.04. The summed E-state index contributed by atoms with van der Waals surface area (Å²) in [5.74, 6) is 6.06. The molecule has 0 aliphatic carbocycles. The molecule has 0 aliphatic rings. The van der Waals surface area contributed by atoms with Crippen molar-refractivity contribution in [2.24, 2.45) is 5.84 Å². The first-order valence-corrected chi connectivity index (χ1v) is 4.16. The molecule has 0 amide bonds. The lowest BCUT2D eigenvalue weighted by Gasteiger charge is -2.08. The largest absolute Gasteiger partial charge is 0.494 e. The Morgan fingerprint density at radius 3 is 2.73 bits per heavy atom. The maximum absolute atomic E-state index is 5.29. The van der Waals surface area contributed by atoms with Gasteiger partial charge in [0.05, 0.1) is 7.11 Å². The van der Waals surface area contributed by atoms with E-state index in [1.165, 1.54) is 0 Å². The number of hydrazine groups is 1. The number of nitrogens with two attached hydrogens (primary N) is 1. The Kier molecular flexibility index (Phi) is 2.95. The fourth-order valence-corrected chi connectivity index (χ4v) is 1.44. The van der Waals surface area contributed by atoms with Gasteiger partial charge in [-0.3, -0.25) is 5.84 Å². The molecule has 0 aromatic heterocycles. The molecular weight excluding hydrogens is 255 g/mol. The maximum atomic E-state index is 5.29. The van der Waals surface area contributed by atoms with E-state index in [4.69, 9.17) is 10.6 Å². The Hall–Kier alpha value is -0.490. The fraction of sp³-hybridized carbons (Fsp3) is 0.143. The van der Waals surface area contributed by atoms with Gasteiger partial charge in [-0.05, 0) is 34.7 Å². The van der Waals surface area contributed by atoms with E-state index in [0.29, 0.717) is 0 Å². The van der Waals surface area contributed by atoms with Crippen LogP contribution < -0.4 is 16.0 Å². The van der Waals surface area contributed by atoms with Gasteiger partial charge in [-0.1, -0.05) is 6.07 Å². The third-order valence-electron chi connectivity index (χ3n) is 1.34. The third-order valence-corrected chi connectivity index (χ3v) is 2.24. The predicted octanol–water partition coefficient (Wildman–Crippen LogP) is 1.59. The lowest BCUT2D eigenvalue weighted by molar-refractivity contribution is 0.416. The Bertz CT molecular complexity index is 252. The zero-order chi connectivity index (χ0) is 8.27. The Morgan fingerprint density at radius 1 is 1.55 bits per heavy atom. The number of nitrogen functional groups attached to an aromatic ring is 1. The van der Waals surface area contributed by atoms with Crippen LogP contribution in [0.1, 0.15) is 0 Å². The molecule has 0 aliphatic heterocycles. The van der Waals surface area contributed by atoms with E-state index >= 15 is 0 Å². The van der Waals surface area contributed by atoms with Crippen molar-refractivity contribution in [3.8, 4) is 5.75 Å². The molecule has 3 nitrogen and oxygen atoms in total. The molecule has 0 unspecified atom stereocenters. The summed E-state index contributed by atoms with van der Waals surface area (Å²) in [4.78, 5) is 0. The highest BCUT2D eigenvalue weighted by atomic mass is 127. The van der Waals surface area contributed by atoms with E-state index in [1.54, 1.807) is 7.11 Å². The molecule has 0 radical (unpaired) electrons. The van der Waals surface area contributed by atoms with Gasteiger partial charge in [-0.2, -0.15) is 0 Å². The molecule has 4 heteroatoms. The zero-order valence-corrected chi connectivity index (χ0v) is 8.25. The molecule has 1 aromatic rings. The second-order valence-corrected chi connectivity index (χ2v) is 3.12. The molecule has 0 heterocycles. The van der Waals surface area contributed by atoms with Crippen molar-refractivity contribution in [3.05, 3.63) is 21.8 Å². The average molecular weight is 264 g/mol. The van der Waals surface area contributed by atoms with Crippen molar-refractivity contribution < 1.29 is 4.74 Å². The summed E-state index contributed by atoms with van der Waals surface area (Å²) in [6, 6.07) is 5.73. The first kappa shape index (κ1) is 8.61. The summed E-state index contributed by atoms with van der Waals surface area (Å²) in [5, 5.41) is 0. The minimum absolute atomic E-state index is 0.763. The molecule has 1 aromatic carbocycles. The third kappa shape index (κ3) is 1.75. The lowest BCUT2D eigenvalue weighted by Crippen LogP contribution is -2.09. The molecule has 0 saturated heterocycles. The van der Waals surface area contributed by atoms with Gasteiger partial charge in [0.1, 0.15) is 11.4 Å². The zero-order valence-electron chi connectivity index (χ0n) is 6.10. The van der Waals surface area contributed by atoms with Crippen molar-refractivity contribution >= 4 is 28.3 Å². The van der Waals surface area contributed by atoms with Crippen molar-refractivity contribution in [3.63, 3.8) is 0 Å². The van der Waals surface area contributed by atoms with Crippen LogP contribution in [-0.4, -0.2) is 7.11 Å². The highest BCUT2D eigenvalue weighted by Gasteiger charge is 2.03. The number of benzene rings is 1. The molecule has 0 fully saturated rings. The van der Waals surface area contributed by atoms with E-state index in [-0.39, 0.29) is 0 Å². The van der Waals surface area contributed by atoms with Gasteiger partial charge in [0.25, 0.3) is 0 Å². The molecule has 0 bridgehead atoms. The lowest BCUT2D eigenvalue weighted by atomic mass is 10.3. The Morgan fingerprint density at radius 2 is 2.27 bits per heavy atom. The quantitative estimate of drug-likeness (QED) is 0.484. The Balaban J connectivity index is 3.13. The first-order chi connectivity index (χ1) is 5.29. The molecule has 1 rings (SSSR count). The topological polar surface area (TPSA) is 47.3 Å². The second kappa shape index (κ2) is 3.77. The van der Waals surface area contributed by atoms with Gasteiger partial charge in [0.15, 0.2) is 0 Å². The minimum atomic E-state index is 0.763. The van der Waals surface area contributed by atoms with Crippen LogP contribution >= 0.6 is 22.6 Å². The summed E-state index contributed by atoms with van der Waals surface area (Å²) >= 11 is 2.19. The normalized spacial score (nSPS) is 9.36. The second-order valence-electron chi connectivity index (χ2n) is 1.96. The van der Waals surface area contributed by atoms with Crippen LogP contribution in [0.2, 0.25) is 0 Å². The van der Waals surface area contributed by atoms with E-state index in [0.717, 1.165) is 15.0 Å². The van der Waals surface area contributed by atoms with Gasteiger partial charge in [-0.25, -0.2) is 0 Å². The smallest absolute Gasteiger partial charge is 0.144 e. The van der Waals surface area contributed by atoms with Crippen molar-refractivity contribution in [2.75, 3.05) is 12.5 Å². The van der Waals surface area contributed by atoms with Crippen LogP contribution in [0.5, 0.6) is 5.75 Å². The molecule has 11 heavy (non-hydrogen) atoms. The first-order valence-electron chi connectivity index (χ1n) is 3.08. The Labute approximate surface area is 79.0 Å². The SMILES string of the molecule is COc1cccc(I)c1NN. The molecule has 0 saturated carbocycles. The monoisotopic (exact) mass is 264 g/mol. The summed E-state index contributed by atoms with van der Waals surface area (Å²) in [7, 11) is 1.62. The number of halogens is 1. The highest BCUT2D eigenvalue weighted by Crippen LogP contribution is 2.27. The van der Waals surface area contributed by atoms with Crippen LogP contribution in [0.4, 0.5) is 5.69 Å². The van der Waals surface area contributed by atoms with Gasteiger partial charge in [0.2, 0.25) is 0 Å².